The van der Waals surface area contributed by atoms with Gasteiger partial charge in [-0.2, -0.15) is 0 Å². The van der Waals surface area contributed by atoms with E-state index in [1.165, 1.54) is 10.6 Å². The molecule has 1 N–H and O–H groups in total. The van der Waals surface area contributed by atoms with Crippen molar-refractivity contribution < 1.29 is 18.3 Å². The number of carbonyl (C=O) groups is 1. The summed E-state index contributed by atoms with van der Waals surface area (Å²) >= 11 is 0. The molecule has 1 saturated heterocycles. The SMILES string of the molecule is COCCCc1cc(F)c(F)c(CN(C(=O)[C@@H]2CNCC[C@H]2c2ccn(C)c(=O)c2)C2CC2)c1. The molecule has 2 aliphatic rings. The molecular formula is C26H33F2N3O3. The number of carbonyl (C=O) groups excluding carboxylic acids is 1. The monoisotopic (exact) mass is 473 g/mol. The molecule has 34 heavy (non-hydrogen) atoms. The van der Waals surface area contributed by atoms with Gasteiger partial charge in [0.05, 0.1) is 5.92 Å². The van der Waals surface area contributed by atoms with E-state index >= 15 is 0 Å². The number of rotatable bonds is 9. The number of piperidine rings is 1. The molecule has 1 amide bonds. The van der Waals surface area contributed by atoms with Crippen molar-refractivity contribution in [2.45, 2.75) is 50.6 Å². The fourth-order valence-electron chi connectivity index (χ4n) is 4.87. The lowest BCUT2D eigenvalue weighted by Crippen LogP contribution is -2.47. The van der Waals surface area contributed by atoms with E-state index in [2.05, 4.69) is 5.32 Å². The third kappa shape index (κ3) is 5.55. The van der Waals surface area contributed by atoms with Gasteiger partial charge in [-0.15, -0.1) is 0 Å². The molecule has 0 spiro atoms. The Balaban J connectivity index is 1.58. The van der Waals surface area contributed by atoms with E-state index in [1.54, 1.807) is 37.4 Å². The number of methoxy groups -OCH3 is 1. The van der Waals surface area contributed by atoms with Crippen molar-refractivity contribution in [3.05, 3.63) is 69.1 Å². The lowest BCUT2D eigenvalue weighted by atomic mass is 9.80. The Morgan fingerprint density at radius 2 is 2.03 bits per heavy atom. The van der Waals surface area contributed by atoms with Crippen LogP contribution in [-0.2, 0) is 29.5 Å². The number of aromatic nitrogens is 1. The molecule has 2 heterocycles. The topological polar surface area (TPSA) is 63.6 Å². The van der Waals surface area contributed by atoms with E-state index in [1.807, 2.05) is 6.07 Å². The van der Waals surface area contributed by atoms with Gasteiger partial charge in [-0.1, -0.05) is 6.07 Å². The number of nitrogens with zero attached hydrogens (tertiary/aromatic N) is 2. The summed E-state index contributed by atoms with van der Waals surface area (Å²) in [5, 5.41) is 3.30. The van der Waals surface area contributed by atoms with Gasteiger partial charge in [-0.05, 0) is 67.8 Å². The predicted molar refractivity (Wildman–Crippen MR) is 126 cm³/mol. The van der Waals surface area contributed by atoms with Crippen molar-refractivity contribution in [3.8, 4) is 0 Å². The Morgan fingerprint density at radius 1 is 1.24 bits per heavy atom. The second-order valence-electron chi connectivity index (χ2n) is 9.46. The van der Waals surface area contributed by atoms with Crippen LogP contribution in [0.2, 0.25) is 0 Å². The summed E-state index contributed by atoms with van der Waals surface area (Å²) in [6.07, 6.45) is 5.47. The molecule has 2 atom stereocenters. The minimum absolute atomic E-state index is 0.0401. The number of halogens is 2. The normalized spacial score (nSPS) is 20.4. The molecule has 1 aliphatic heterocycles. The summed E-state index contributed by atoms with van der Waals surface area (Å²) < 4.78 is 35.7. The van der Waals surface area contributed by atoms with Crippen LogP contribution >= 0.6 is 0 Å². The van der Waals surface area contributed by atoms with E-state index in [0.717, 1.165) is 31.4 Å². The van der Waals surface area contributed by atoms with Gasteiger partial charge < -0.3 is 19.5 Å². The summed E-state index contributed by atoms with van der Waals surface area (Å²) in [6, 6.07) is 6.45. The average Bonchev–Trinajstić information content (AvgIpc) is 3.67. The largest absolute Gasteiger partial charge is 0.385 e. The van der Waals surface area contributed by atoms with Gasteiger partial charge in [0, 0.05) is 57.7 Å². The summed E-state index contributed by atoms with van der Waals surface area (Å²) in [7, 11) is 3.31. The molecule has 4 rings (SSSR count). The smallest absolute Gasteiger partial charge is 0.250 e. The van der Waals surface area contributed by atoms with Crippen molar-refractivity contribution in [1.29, 1.82) is 0 Å². The second-order valence-corrected chi connectivity index (χ2v) is 9.46. The molecule has 2 fully saturated rings. The van der Waals surface area contributed by atoms with Gasteiger partial charge in [-0.25, -0.2) is 8.78 Å². The van der Waals surface area contributed by atoms with Gasteiger partial charge in [0.2, 0.25) is 5.91 Å². The van der Waals surface area contributed by atoms with Crippen molar-refractivity contribution in [2.75, 3.05) is 26.8 Å². The van der Waals surface area contributed by atoms with Crippen molar-refractivity contribution >= 4 is 5.91 Å². The Labute approximate surface area is 198 Å². The van der Waals surface area contributed by atoms with Gasteiger partial charge in [-0.3, -0.25) is 9.59 Å². The Morgan fingerprint density at radius 3 is 2.74 bits per heavy atom. The molecule has 1 aromatic carbocycles. The fourth-order valence-corrected chi connectivity index (χ4v) is 4.87. The quantitative estimate of drug-likeness (QED) is 0.569. The van der Waals surface area contributed by atoms with Gasteiger partial charge >= 0.3 is 0 Å². The zero-order valence-corrected chi connectivity index (χ0v) is 19.9. The molecule has 2 aromatic rings. The molecule has 1 aliphatic carbocycles. The third-order valence-corrected chi connectivity index (χ3v) is 6.94. The van der Waals surface area contributed by atoms with Crippen LogP contribution in [0.25, 0.3) is 0 Å². The van der Waals surface area contributed by atoms with E-state index in [-0.39, 0.29) is 41.5 Å². The van der Waals surface area contributed by atoms with Crippen molar-refractivity contribution in [1.82, 2.24) is 14.8 Å². The number of pyridine rings is 1. The maximum atomic E-state index is 14.8. The molecule has 0 unspecified atom stereocenters. The first-order chi connectivity index (χ1) is 16.4. The predicted octanol–water partition coefficient (Wildman–Crippen LogP) is 3.13. The molecule has 0 radical (unpaired) electrons. The van der Waals surface area contributed by atoms with Crippen LogP contribution in [0.15, 0.2) is 35.3 Å². The van der Waals surface area contributed by atoms with Crippen LogP contribution < -0.4 is 10.9 Å². The molecule has 1 saturated carbocycles. The summed E-state index contributed by atoms with van der Waals surface area (Å²) in [5.41, 5.74) is 1.66. The van der Waals surface area contributed by atoms with E-state index in [0.29, 0.717) is 31.6 Å². The Kier molecular flexibility index (Phi) is 7.78. The maximum Gasteiger partial charge on any atom is 0.250 e. The first-order valence-corrected chi connectivity index (χ1v) is 12.0. The highest BCUT2D eigenvalue weighted by Crippen LogP contribution is 2.36. The highest BCUT2D eigenvalue weighted by molar-refractivity contribution is 5.81. The van der Waals surface area contributed by atoms with E-state index < -0.39 is 11.6 Å². The van der Waals surface area contributed by atoms with Crippen molar-refractivity contribution in [2.24, 2.45) is 13.0 Å². The molecule has 6 nitrogen and oxygen atoms in total. The molecule has 8 heteroatoms. The van der Waals surface area contributed by atoms with Crippen molar-refractivity contribution in [3.63, 3.8) is 0 Å². The minimum Gasteiger partial charge on any atom is -0.385 e. The van der Waals surface area contributed by atoms with E-state index in [9.17, 15) is 18.4 Å². The summed E-state index contributed by atoms with van der Waals surface area (Å²) in [5.74, 6) is -2.29. The highest BCUT2D eigenvalue weighted by atomic mass is 19.2. The first kappa shape index (κ1) is 24.5. The van der Waals surface area contributed by atoms with Crippen LogP contribution in [0.3, 0.4) is 0 Å². The second kappa shape index (κ2) is 10.8. The minimum atomic E-state index is -0.890. The lowest BCUT2D eigenvalue weighted by Gasteiger charge is -2.36. The zero-order valence-electron chi connectivity index (χ0n) is 19.9. The van der Waals surface area contributed by atoms with Gasteiger partial charge in [0.1, 0.15) is 0 Å². The third-order valence-electron chi connectivity index (χ3n) is 6.94. The van der Waals surface area contributed by atoms with Crippen LogP contribution in [0.5, 0.6) is 0 Å². The average molecular weight is 474 g/mol. The van der Waals surface area contributed by atoms with Gasteiger partial charge in [0.25, 0.3) is 5.56 Å². The molecule has 0 bridgehead atoms. The number of aryl methyl sites for hydroxylation is 2. The Hall–Kier alpha value is -2.58. The fraction of sp³-hybridized carbons (Fsp3) is 0.538. The number of amides is 1. The summed E-state index contributed by atoms with van der Waals surface area (Å²) in [4.78, 5) is 27.7. The standard InChI is InChI=1S/C26H33F2N3O3/c1-30-10-8-18(14-24(30)32)21-7-9-29-15-22(21)26(33)31(20-5-6-20)16-19-12-17(4-3-11-34-2)13-23(27)25(19)28/h8,10,12-14,20-22,29H,3-7,9,11,15-16H2,1-2H3/t21-,22+/m0/s1. The highest BCUT2D eigenvalue weighted by Gasteiger charge is 2.40. The first-order valence-electron chi connectivity index (χ1n) is 12.0. The molecule has 1 aromatic heterocycles. The number of benzene rings is 1. The molecule has 184 valence electrons. The Bertz CT molecular complexity index is 1080. The number of hydrogen-bond donors (Lipinski definition) is 1. The lowest BCUT2D eigenvalue weighted by molar-refractivity contribution is -0.138. The number of hydrogen-bond acceptors (Lipinski definition) is 4. The zero-order chi connectivity index (χ0) is 24.2. The van der Waals surface area contributed by atoms with Crippen LogP contribution in [0.4, 0.5) is 8.78 Å². The van der Waals surface area contributed by atoms with Crippen LogP contribution in [0.1, 0.15) is 48.3 Å². The van der Waals surface area contributed by atoms with Gasteiger partial charge in [0.15, 0.2) is 11.6 Å². The molecular weight excluding hydrogens is 440 g/mol. The number of nitrogens with one attached hydrogen (secondary N) is 1. The number of ether oxygens (including phenoxy) is 1. The summed E-state index contributed by atoms with van der Waals surface area (Å²) in [6.45, 7) is 1.84. The maximum absolute atomic E-state index is 14.8. The van der Waals surface area contributed by atoms with Crippen LogP contribution in [-0.4, -0.2) is 48.2 Å². The van der Waals surface area contributed by atoms with Crippen LogP contribution in [0, 0.1) is 17.6 Å². The van der Waals surface area contributed by atoms with E-state index in [4.69, 9.17) is 4.74 Å².